The first-order valence-corrected chi connectivity index (χ1v) is 6.46. The summed E-state index contributed by atoms with van der Waals surface area (Å²) in [5.74, 6) is 0. The van der Waals surface area contributed by atoms with Crippen molar-refractivity contribution in [2.45, 2.75) is 31.7 Å². The monoisotopic (exact) mass is 238 g/mol. The summed E-state index contributed by atoms with van der Waals surface area (Å²) >= 11 is 0. The number of fused-ring (bicyclic) bond motifs is 1. The minimum Gasteiger partial charge on any atom is -0.322 e. The van der Waals surface area contributed by atoms with Gasteiger partial charge in [0.1, 0.15) is 0 Å². The predicted molar refractivity (Wildman–Crippen MR) is 76.5 cm³/mol. The zero-order valence-electron chi connectivity index (χ0n) is 10.7. The van der Waals surface area contributed by atoms with Crippen molar-refractivity contribution in [1.82, 2.24) is 0 Å². The molecule has 18 heavy (non-hydrogen) atoms. The molecule has 0 spiro atoms. The van der Waals surface area contributed by atoms with Crippen molar-refractivity contribution in [3.8, 4) is 0 Å². The Labute approximate surface area is 108 Å². The molecule has 0 amide bonds. The third-order valence-electron chi connectivity index (χ3n) is 3.65. The van der Waals surface area contributed by atoms with Crippen molar-refractivity contribution in [1.29, 1.82) is 0 Å². The summed E-state index contributed by atoms with van der Waals surface area (Å²) in [5, 5.41) is 0. The molecule has 0 aromatic heterocycles. The molecular formula is C16H18N2. The maximum Gasteiger partial charge on any atom is 0.0457 e. The minimum absolute atomic E-state index is 0.255. The van der Waals surface area contributed by atoms with E-state index in [1.807, 2.05) is 12.3 Å². The molecule has 1 aromatic rings. The van der Waals surface area contributed by atoms with Crippen LogP contribution in [0.3, 0.4) is 0 Å². The highest BCUT2D eigenvalue weighted by Crippen LogP contribution is 2.28. The summed E-state index contributed by atoms with van der Waals surface area (Å²) in [7, 11) is 0. The van der Waals surface area contributed by atoms with E-state index in [9.17, 15) is 0 Å². The van der Waals surface area contributed by atoms with Crippen LogP contribution in [0.15, 0.2) is 47.1 Å². The lowest BCUT2D eigenvalue weighted by atomic mass is 9.84. The van der Waals surface area contributed by atoms with Crippen molar-refractivity contribution in [3.05, 3.63) is 53.2 Å². The lowest BCUT2D eigenvalue weighted by Gasteiger charge is -2.26. The van der Waals surface area contributed by atoms with Crippen LogP contribution in [-0.4, -0.2) is 11.3 Å². The third-order valence-corrected chi connectivity index (χ3v) is 3.65. The summed E-state index contributed by atoms with van der Waals surface area (Å²) in [6, 6.07) is 8.58. The van der Waals surface area contributed by atoms with E-state index in [-0.39, 0.29) is 5.54 Å². The van der Waals surface area contributed by atoms with Gasteiger partial charge in [-0.25, -0.2) is 0 Å². The lowest BCUT2D eigenvalue weighted by molar-refractivity contribution is 0.602. The second-order valence-corrected chi connectivity index (χ2v) is 5.44. The van der Waals surface area contributed by atoms with Gasteiger partial charge in [0, 0.05) is 23.9 Å². The van der Waals surface area contributed by atoms with Crippen LogP contribution < -0.4 is 5.73 Å². The predicted octanol–water partition coefficient (Wildman–Crippen LogP) is 3.09. The fraction of sp³-hybridized carbons (Fsp3) is 0.312. The number of aliphatic imine (C=N–C) groups is 1. The highest BCUT2D eigenvalue weighted by molar-refractivity contribution is 6.05. The molecular weight excluding hydrogens is 220 g/mol. The Morgan fingerprint density at radius 1 is 1.22 bits per heavy atom. The van der Waals surface area contributed by atoms with E-state index in [1.54, 1.807) is 0 Å². The Bertz CT molecular complexity index is 562. The first-order valence-electron chi connectivity index (χ1n) is 6.46. The molecule has 1 heterocycles. The average Bonchev–Trinajstić information content (AvgIpc) is 2.37. The van der Waals surface area contributed by atoms with E-state index < -0.39 is 0 Å². The summed E-state index contributed by atoms with van der Waals surface area (Å²) in [6.45, 7) is 2.05. The lowest BCUT2D eigenvalue weighted by Crippen LogP contribution is -2.38. The molecule has 1 unspecified atom stereocenters. The van der Waals surface area contributed by atoms with Gasteiger partial charge in [-0.3, -0.25) is 4.99 Å². The minimum atomic E-state index is -0.255. The molecule has 0 radical (unpaired) electrons. The second-order valence-electron chi connectivity index (χ2n) is 5.44. The Morgan fingerprint density at radius 2 is 2.06 bits per heavy atom. The molecule has 1 atom stereocenters. The number of benzene rings is 1. The van der Waals surface area contributed by atoms with Crippen LogP contribution in [0.2, 0.25) is 0 Å². The van der Waals surface area contributed by atoms with Crippen LogP contribution in [0.5, 0.6) is 0 Å². The van der Waals surface area contributed by atoms with E-state index in [0.29, 0.717) is 0 Å². The quantitative estimate of drug-likeness (QED) is 0.802. The molecule has 0 saturated carbocycles. The molecule has 2 N–H and O–H groups in total. The number of rotatable bonds is 1. The van der Waals surface area contributed by atoms with Gasteiger partial charge in [-0.2, -0.15) is 0 Å². The van der Waals surface area contributed by atoms with Crippen LogP contribution in [0.4, 0.5) is 0 Å². The van der Waals surface area contributed by atoms with Crippen molar-refractivity contribution in [2.24, 2.45) is 10.7 Å². The number of allylic oxidation sites excluding steroid dienone is 1. The Hall–Kier alpha value is -1.67. The molecule has 0 saturated heterocycles. The van der Waals surface area contributed by atoms with Gasteiger partial charge in [-0.1, -0.05) is 24.3 Å². The molecule has 1 aromatic carbocycles. The molecule has 92 valence electrons. The van der Waals surface area contributed by atoms with Crippen molar-refractivity contribution in [3.63, 3.8) is 0 Å². The van der Waals surface area contributed by atoms with Gasteiger partial charge in [0.15, 0.2) is 0 Å². The maximum absolute atomic E-state index is 6.17. The van der Waals surface area contributed by atoms with E-state index in [0.717, 1.165) is 25.0 Å². The van der Waals surface area contributed by atoms with Crippen LogP contribution in [0, 0.1) is 0 Å². The van der Waals surface area contributed by atoms with Gasteiger partial charge in [-0.15, -0.1) is 0 Å². The van der Waals surface area contributed by atoms with Gasteiger partial charge in [0.05, 0.1) is 0 Å². The second kappa shape index (κ2) is 4.21. The largest absolute Gasteiger partial charge is 0.322 e. The van der Waals surface area contributed by atoms with Gasteiger partial charge in [0.2, 0.25) is 0 Å². The fourth-order valence-electron chi connectivity index (χ4n) is 2.62. The molecule has 2 aliphatic rings. The average molecular weight is 238 g/mol. The SMILES string of the molecule is CC1(N)C=CN=C(C2=Cc3ccccc3CC2)C1. The first kappa shape index (κ1) is 11.4. The normalized spacial score (nSPS) is 26.3. The summed E-state index contributed by atoms with van der Waals surface area (Å²) in [5.41, 5.74) is 11.2. The zero-order chi connectivity index (χ0) is 12.6. The Kier molecular flexibility index (Phi) is 2.67. The van der Waals surface area contributed by atoms with E-state index in [1.165, 1.54) is 16.7 Å². The summed E-state index contributed by atoms with van der Waals surface area (Å²) < 4.78 is 0. The van der Waals surface area contributed by atoms with E-state index in [4.69, 9.17) is 5.73 Å². The zero-order valence-corrected chi connectivity index (χ0v) is 10.7. The Balaban J connectivity index is 1.94. The molecule has 3 rings (SSSR count). The van der Waals surface area contributed by atoms with Crippen molar-refractivity contribution < 1.29 is 0 Å². The van der Waals surface area contributed by atoms with Crippen molar-refractivity contribution in [2.75, 3.05) is 0 Å². The van der Waals surface area contributed by atoms with Crippen LogP contribution >= 0.6 is 0 Å². The molecule has 2 heteroatoms. The maximum atomic E-state index is 6.17. The van der Waals surface area contributed by atoms with Crippen LogP contribution in [-0.2, 0) is 6.42 Å². The standard InChI is InChI=1S/C16H18N2/c1-16(17)8-9-18-15(11-16)14-7-6-12-4-2-3-5-13(12)10-14/h2-5,8-10H,6-7,11,17H2,1H3. The number of hydrogen-bond acceptors (Lipinski definition) is 2. The number of nitrogens with two attached hydrogens (primary N) is 1. The van der Waals surface area contributed by atoms with Crippen LogP contribution in [0.25, 0.3) is 6.08 Å². The topological polar surface area (TPSA) is 38.4 Å². The highest BCUT2D eigenvalue weighted by atomic mass is 14.8. The first-order chi connectivity index (χ1) is 8.64. The van der Waals surface area contributed by atoms with Crippen LogP contribution in [0.1, 0.15) is 30.9 Å². The molecule has 0 bridgehead atoms. The smallest absolute Gasteiger partial charge is 0.0457 e. The van der Waals surface area contributed by atoms with Gasteiger partial charge in [0.25, 0.3) is 0 Å². The Morgan fingerprint density at radius 3 is 2.89 bits per heavy atom. The van der Waals surface area contributed by atoms with E-state index >= 15 is 0 Å². The number of aryl methyl sites for hydroxylation is 1. The molecule has 1 aliphatic carbocycles. The number of nitrogens with zero attached hydrogens (tertiary/aromatic N) is 1. The highest BCUT2D eigenvalue weighted by Gasteiger charge is 2.23. The summed E-state index contributed by atoms with van der Waals surface area (Å²) in [6.07, 6.45) is 9.10. The molecule has 2 nitrogen and oxygen atoms in total. The summed E-state index contributed by atoms with van der Waals surface area (Å²) in [4.78, 5) is 4.51. The van der Waals surface area contributed by atoms with Crippen molar-refractivity contribution >= 4 is 11.8 Å². The molecule has 1 aliphatic heterocycles. The van der Waals surface area contributed by atoms with Gasteiger partial charge < -0.3 is 5.73 Å². The van der Waals surface area contributed by atoms with Gasteiger partial charge in [-0.05, 0) is 48.6 Å². The van der Waals surface area contributed by atoms with E-state index in [2.05, 4.69) is 42.3 Å². The molecule has 0 fully saturated rings. The fourth-order valence-corrected chi connectivity index (χ4v) is 2.62. The third kappa shape index (κ3) is 2.16. The van der Waals surface area contributed by atoms with Gasteiger partial charge >= 0.3 is 0 Å². The number of hydrogen-bond donors (Lipinski definition) is 1.